The zero-order valence-electron chi connectivity index (χ0n) is 16.6. The lowest BCUT2D eigenvalue weighted by Crippen LogP contribution is -2.40. The Bertz CT molecular complexity index is 861. The number of hydrogen-bond acceptors (Lipinski definition) is 5. The van der Waals surface area contributed by atoms with E-state index >= 15 is 0 Å². The number of methoxy groups -OCH3 is 1. The topological polar surface area (TPSA) is 76.1 Å². The number of ether oxygens (including phenoxy) is 1. The van der Waals surface area contributed by atoms with Crippen LogP contribution in [0.1, 0.15) is 41.9 Å². The summed E-state index contributed by atoms with van der Waals surface area (Å²) in [6, 6.07) is 6.45. The summed E-state index contributed by atoms with van der Waals surface area (Å²) >= 11 is 0. The maximum Gasteiger partial charge on any atom is 0.451 e. The van der Waals surface area contributed by atoms with Crippen LogP contribution in [0.25, 0.3) is 0 Å². The molecule has 0 saturated heterocycles. The summed E-state index contributed by atoms with van der Waals surface area (Å²) in [5, 5.41) is 5.90. The summed E-state index contributed by atoms with van der Waals surface area (Å²) in [6.45, 7) is 0. The van der Waals surface area contributed by atoms with Gasteiger partial charge in [0.2, 0.25) is 11.7 Å². The molecule has 1 amide bonds. The number of amides is 1. The molecule has 0 unspecified atom stereocenters. The van der Waals surface area contributed by atoms with Crippen LogP contribution in [0, 0.1) is 5.82 Å². The highest BCUT2D eigenvalue weighted by Crippen LogP contribution is 2.30. The third-order valence-electron chi connectivity index (χ3n) is 4.69. The van der Waals surface area contributed by atoms with Crippen molar-refractivity contribution < 1.29 is 27.1 Å². The van der Waals surface area contributed by atoms with Crippen molar-refractivity contribution in [2.45, 2.75) is 43.9 Å². The monoisotopic (exact) mass is 480 g/mol. The van der Waals surface area contributed by atoms with Gasteiger partial charge in [0.1, 0.15) is 11.6 Å². The van der Waals surface area contributed by atoms with Gasteiger partial charge in [0.25, 0.3) is 5.91 Å². The Labute approximate surface area is 191 Å². The predicted molar refractivity (Wildman–Crippen MR) is 118 cm³/mol. The molecule has 1 aliphatic carbocycles. The van der Waals surface area contributed by atoms with Gasteiger partial charge in [-0.05, 0) is 49.9 Å². The van der Waals surface area contributed by atoms with E-state index in [4.69, 9.17) is 4.74 Å². The van der Waals surface area contributed by atoms with Crippen molar-refractivity contribution in [3.63, 3.8) is 0 Å². The van der Waals surface area contributed by atoms with Gasteiger partial charge >= 0.3 is 6.18 Å². The molecule has 0 atom stereocenters. The van der Waals surface area contributed by atoms with Crippen LogP contribution < -0.4 is 15.4 Å². The van der Waals surface area contributed by atoms with Gasteiger partial charge in [0.05, 0.1) is 7.11 Å². The Morgan fingerprint density at radius 3 is 2.16 bits per heavy atom. The van der Waals surface area contributed by atoms with Gasteiger partial charge in [0.15, 0.2) is 0 Å². The Kier molecular flexibility index (Phi) is 9.88. The molecule has 3 rings (SSSR count). The Balaban J connectivity index is 0.00000240. The fraction of sp³-hybridized carbons (Fsp3) is 0.421. The van der Waals surface area contributed by atoms with Crippen LogP contribution in [0.2, 0.25) is 0 Å². The molecule has 1 saturated carbocycles. The van der Waals surface area contributed by atoms with E-state index in [1.54, 1.807) is 0 Å². The molecule has 172 valence electrons. The van der Waals surface area contributed by atoms with Crippen LogP contribution in [0.15, 0.2) is 30.3 Å². The van der Waals surface area contributed by atoms with Crippen LogP contribution in [0.4, 0.5) is 23.4 Å². The van der Waals surface area contributed by atoms with E-state index in [0.717, 1.165) is 0 Å². The van der Waals surface area contributed by atoms with Crippen molar-refractivity contribution in [1.29, 1.82) is 0 Å². The van der Waals surface area contributed by atoms with E-state index < -0.39 is 17.8 Å². The number of carbonyl (C=O) groups excluding carboxylic acids is 1. The Morgan fingerprint density at radius 1 is 1.03 bits per heavy atom. The van der Waals surface area contributed by atoms with Crippen molar-refractivity contribution >= 4 is 38.7 Å². The second kappa shape index (κ2) is 11.4. The molecule has 0 radical (unpaired) electrons. The lowest BCUT2D eigenvalue weighted by atomic mass is 9.91. The maximum absolute atomic E-state index is 13.0. The average molecular weight is 481 g/mol. The molecule has 1 aromatic carbocycles. The van der Waals surface area contributed by atoms with Gasteiger partial charge in [-0.15, -0.1) is 0 Å². The molecule has 1 aliphatic rings. The summed E-state index contributed by atoms with van der Waals surface area (Å²) in [6.07, 6.45) is -2.09. The summed E-state index contributed by atoms with van der Waals surface area (Å²) in [5.74, 6) is -2.09. The number of alkyl halides is 3. The highest BCUT2D eigenvalue weighted by Gasteiger charge is 2.36. The summed E-state index contributed by atoms with van der Waals surface area (Å²) < 4.78 is 56.6. The van der Waals surface area contributed by atoms with Gasteiger partial charge in [-0.3, -0.25) is 4.79 Å². The van der Waals surface area contributed by atoms with Gasteiger partial charge in [-0.25, -0.2) is 9.37 Å². The van der Waals surface area contributed by atoms with Crippen LogP contribution in [0.5, 0.6) is 5.88 Å². The van der Waals surface area contributed by atoms with Crippen LogP contribution in [0.3, 0.4) is 0 Å². The van der Waals surface area contributed by atoms with Gasteiger partial charge in [-0.2, -0.15) is 45.1 Å². The summed E-state index contributed by atoms with van der Waals surface area (Å²) in [5.41, 5.74) is 0.374. The van der Waals surface area contributed by atoms with Gasteiger partial charge < -0.3 is 15.4 Å². The standard InChI is InChI=1S/C19H20F4N4O2.2H2S/c1-29-16-10-15(26-18(27-16)19(21,22)23)24-13-6-8-14(9-7-13)25-17(28)11-2-4-12(20)5-3-11;;/h2-5,10,13-14H,6-9H2,1H3,(H,25,28)(H,24,26,27);2*1H2. The van der Waals surface area contributed by atoms with E-state index in [2.05, 4.69) is 20.6 Å². The molecule has 2 N–H and O–H groups in total. The lowest BCUT2D eigenvalue weighted by molar-refractivity contribution is -0.145. The first kappa shape index (κ1) is 26.8. The molecule has 1 fully saturated rings. The number of halogens is 4. The number of carbonyl (C=O) groups is 1. The molecule has 0 spiro atoms. The Hall–Kier alpha value is -2.21. The van der Waals surface area contributed by atoms with Crippen molar-refractivity contribution in [2.75, 3.05) is 12.4 Å². The molecule has 6 nitrogen and oxygen atoms in total. The number of hydrogen-bond donors (Lipinski definition) is 2. The lowest BCUT2D eigenvalue weighted by Gasteiger charge is -2.30. The average Bonchev–Trinajstić information content (AvgIpc) is 2.69. The molecule has 31 heavy (non-hydrogen) atoms. The number of nitrogens with zero attached hydrogens (tertiary/aromatic N) is 2. The second-order valence-corrected chi connectivity index (χ2v) is 6.79. The van der Waals surface area contributed by atoms with Crippen LogP contribution >= 0.6 is 27.0 Å². The quantitative estimate of drug-likeness (QED) is 0.633. The molecular formula is C19H24F4N4O2S2. The number of aromatic nitrogens is 2. The molecule has 1 heterocycles. The van der Waals surface area contributed by atoms with E-state index in [0.29, 0.717) is 31.2 Å². The van der Waals surface area contributed by atoms with Crippen molar-refractivity contribution in [3.8, 4) is 5.88 Å². The summed E-state index contributed by atoms with van der Waals surface area (Å²) in [4.78, 5) is 19.1. The summed E-state index contributed by atoms with van der Waals surface area (Å²) in [7, 11) is 1.24. The second-order valence-electron chi connectivity index (χ2n) is 6.79. The maximum atomic E-state index is 13.0. The minimum absolute atomic E-state index is 0. The van der Waals surface area contributed by atoms with E-state index in [1.807, 2.05) is 0 Å². The largest absolute Gasteiger partial charge is 0.481 e. The number of rotatable bonds is 5. The molecule has 1 aromatic heterocycles. The fourth-order valence-corrected chi connectivity index (χ4v) is 3.19. The van der Waals surface area contributed by atoms with E-state index in [9.17, 15) is 22.4 Å². The molecule has 0 bridgehead atoms. The highest BCUT2D eigenvalue weighted by molar-refractivity contribution is 7.59. The number of anilines is 1. The molecule has 12 heteroatoms. The van der Waals surface area contributed by atoms with Crippen molar-refractivity contribution in [2.24, 2.45) is 0 Å². The SMILES string of the molecule is COc1cc(NC2CCC(NC(=O)c3ccc(F)cc3)CC2)nc(C(F)(F)F)n1.S.S. The molecule has 0 aliphatic heterocycles. The first-order chi connectivity index (χ1) is 13.7. The van der Waals surface area contributed by atoms with E-state index in [-0.39, 0.29) is 56.7 Å². The van der Waals surface area contributed by atoms with Crippen molar-refractivity contribution in [1.82, 2.24) is 15.3 Å². The number of nitrogens with one attached hydrogen (secondary N) is 2. The van der Waals surface area contributed by atoms with Crippen molar-refractivity contribution in [3.05, 3.63) is 47.5 Å². The highest BCUT2D eigenvalue weighted by atomic mass is 32.1. The zero-order chi connectivity index (χ0) is 21.0. The number of benzene rings is 1. The van der Waals surface area contributed by atoms with Crippen LogP contribution in [-0.2, 0) is 6.18 Å². The minimum atomic E-state index is -4.67. The third kappa shape index (κ3) is 7.46. The van der Waals surface area contributed by atoms with Gasteiger partial charge in [-0.1, -0.05) is 0 Å². The van der Waals surface area contributed by atoms with Crippen LogP contribution in [-0.4, -0.2) is 35.1 Å². The molecular weight excluding hydrogens is 456 g/mol. The smallest absolute Gasteiger partial charge is 0.451 e. The first-order valence-electron chi connectivity index (χ1n) is 9.08. The van der Waals surface area contributed by atoms with Gasteiger partial charge in [0, 0.05) is 23.7 Å². The minimum Gasteiger partial charge on any atom is -0.481 e. The normalized spacial score (nSPS) is 18.2. The Morgan fingerprint density at radius 2 is 1.61 bits per heavy atom. The third-order valence-corrected chi connectivity index (χ3v) is 4.69. The first-order valence-corrected chi connectivity index (χ1v) is 9.08. The fourth-order valence-electron chi connectivity index (χ4n) is 3.19. The predicted octanol–water partition coefficient (Wildman–Crippen LogP) is 4.02. The molecule has 2 aromatic rings. The van der Waals surface area contributed by atoms with E-state index in [1.165, 1.54) is 37.4 Å². The zero-order valence-corrected chi connectivity index (χ0v) is 18.6.